The third-order valence-electron chi connectivity index (χ3n) is 2.46. The molecule has 70 valence electrons. The van der Waals surface area contributed by atoms with Crippen LogP contribution >= 0.6 is 0 Å². The van der Waals surface area contributed by atoms with Gasteiger partial charge in [-0.3, -0.25) is 0 Å². The second-order valence-electron chi connectivity index (χ2n) is 3.29. The van der Waals surface area contributed by atoms with E-state index in [0.717, 1.165) is 24.5 Å². The second kappa shape index (κ2) is 3.17. The molecule has 3 nitrogen and oxygen atoms in total. The van der Waals surface area contributed by atoms with Crippen molar-refractivity contribution in [2.75, 3.05) is 30.4 Å². The largest absolute Gasteiger partial charge is 0.506 e. The molecule has 1 aliphatic heterocycles. The van der Waals surface area contributed by atoms with Crippen molar-refractivity contribution in [1.82, 2.24) is 0 Å². The predicted octanol–water partition coefficient (Wildman–Crippen LogP) is 1.64. The molecule has 0 saturated carbocycles. The summed E-state index contributed by atoms with van der Waals surface area (Å²) in [6.45, 7) is 2.11. The number of anilines is 2. The van der Waals surface area contributed by atoms with Crippen LogP contribution in [0.4, 0.5) is 11.4 Å². The lowest BCUT2D eigenvalue weighted by atomic mass is 10.1. The third-order valence-corrected chi connectivity index (χ3v) is 2.46. The molecule has 1 heterocycles. The molecular weight excluding hydrogens is 164 g/mol. The maximum absolute atomic E-state index is 9.60. The van der Waals surface area contributed by atoms with E-state index in [9.17, 15) is 5.11 Å². The quantitative estimate of drug-likeness (QED) is 0.676. The smallest absolute Gasteiger partial charge is 0.139 e. The van der Waals surface area contributed by atoms with E-state index in [4.69, 9.17) is 0 Å². The average molecular weight is 178 g/mol. The number of benzene rings is 1. The first-order valence-corrected chi connectivity index (χ1v) is 4.57. The van der Waals surface area contributed by atoms with Crippen LogP contribution in [0.1, 0.15) is 6.42 Å². The Morgan fingerprint density at radius 3 is 2.69 bits per heavy atom. The summed E-state index contributed by atoms with van der Waals surface area (Å²) in [5, 5.41) is 12.7. The molecule has 1 fully saturated rings. The van der Waals surface area contributed by atoms with Crippen molar-refractivity contribution in [2.45, 2.75) is 6.42 Å². The van der Waals surface area contributed by atoms with Gasteiger partial charge in [-0.25, -0.2) is 0 Å². The van der Waals surface area contributed by atoms with E-state index in [1.807, 2.05) is 19.2 Å². The normalized spacial score (nSPS) is 15.3. The second-order valence-corrected chi connectivity index (χ2v) is 3.29. The van der Waals surface area contributed by atoms with Gasteiger partial charge >= 0.3 is 0 Å². The van der Waals surface area contributed by atoms with Crippen LogP contribution in [0, 0.1) is 0 Å². The molecule has 0 aliphatic carbocycles. The van der Waals surface area contributed by atoms with Crippen LogP contribution < -0.4 is 10.2 Å². The SMILES string of the molecule is CNc1ccc(O)c(N2CCC2)c1. The highest BCUT2D eigenvalue weighted by atomic mass is 16.3. The molecule has 3 heteroatoms. The van der Waals surface area contributed by atoms with Gasteiger partial charge in [0, 0.05) is 25.8 Å². The van der Waals surface area contributed by atoms with E-state index >= 15 is 0 Å². The summed E-state index contributed by atoms with van der Waals surface area (Å²) in [5.41, 5.74) is 1.98. The van der Waals surface area contributed by atoms with Crippen LogP contribution in [-0.2, 0) is 0 Å². The van der Waals surface area contributed by atoms with E-state index in [0.29, 0.717) is 5.75 Å². The van der Waals surface area contributed by atoms with Crippen molar-refractivity contribution in [3.8, 4) is 5.75 Å². The van der Waals surface area contributed by atoms with Crippen molar-refractivity contribution < 1.29 is 5.11 Å². The number of phenols is 1. The summed E-state index contributed by atoms with van der Waals surface area (Å²) < 4.78 is 0. The van der Waals surface area contributed by atoms with Crippen LogP contribution in [0.2, 0.25) is 0 Å². The Labute approximate surface area is 78.0 Å². The molecule has 0 spiro atoms. The molecule has 13 heavy (non-hydrogen) atoms. The van der Waals surface area contributed by atoms with Gasteiger partial charge in [0.1, 0.15) is 5.75 Å². The van der Waals surface area contributed by atoms with Gasteiger partial charge in [0.25, 0.3) is 0 Å². The van der Waals surface area contributed by atoms with Crippen LogP contribution in [0.3, 0.4) is 0 Å². The maximum Gasteiger partial charge on any atom is 0.139 e. The lowest BCUT2D eigenvalue weighted by Crippen LogP contribution is -2.36. The van der Waals surface area contributed by atoms with Gasteiger partial charge in [-0.1, -0.05) is 0 Å². The minimum absolute atomic E-state index is 0.374. The van der Waals surface area contributed by atoms with E-state index in [-0.39, 0.29) is 0 Å². The Bertz CT molecular complexity index is 308. The number of nitrogens with one attached hydrogen (secondary N) is 1. The Morgan fingerprint density at radius 1 is 1.38 bits per heavy atom. The topological polar surface area (TPSA) is 35.5 Å². The van der Waals surface area contributed by atoms with Crippen molar-refractivity contribution in [2.24, 2.45) is 0 Å². The van der Waals surface area contributed by atoms with E-state index in [2.05, 4.69) is 10.2 Å². The molecule has 0 atom stereocenters. The number of nitrogens with zero attached hydrogens (tertiary/aromatic N) is 1. The van der Waals surface area contributed by atoms with E-state index in [1.54, 1.807) is 6.07 Å². The number of rotatable bonds is 2. The lowest BCUT2D eigenvalue weighted by molar-refractivity contribution is 0.469. The molecule has 0 bridgehead atoms. The van der Waals surface area contributed by atoms with Crippen LogP contribution in [0.5, 0.6) is 5.75 Å². The number of hydrogen-bond acceptors (Lipinski definition) is 3. The predicted molar refractivity (Wildman–Crippen MR) is 54.5 cm³/mol. The average Bonchev–Trinajstić information content (AvgIpc) is 2.06. The summed E-state index contributed by atoms with van der Waals surface area (Å²) in [6.07, 6.45) is 1.23. The lowest BCUT2D eigenvalue weighted by Gasteiger charge is -2.33. The molecule has 1 aliphatic rings. The van der Waals surface area contributed by atoms with Gasteiger partial charge < -0.3 is 15.3 Å². The van der Waals surface area contributed by atoms with Crippen molar-refractivity contribution in [3.05, 3.63) is 18.2 Å². The van der Waals surface area contributed by atoms with Gasteiger partial charge in [0.15, 0.2) is 0 Å². The number of phenolic OH excluding ortho intramolecular Hbond substituents is 1. The summed E-state index contributed by atoms with van der Waals surface area (Å²) in [4.78, 5) is 2.18. The van der Waals surface area contributed by atoms with Gasteiger partial charge in [0.2, 0.25) is 0 Å². The molecular formula is C10H14N2O. The van der Waals surface area contributed by atoms with Crippen molar-refractivity contribution >= 4 is 11.4 Å². The zero-order valence-corrected chi connectivity index (χ0v) is 7.75. The number of hydrogen-bond donors (Lipinski definition) is 2. The van der Waals surface area contributed by atoms with Crippen LogP contribution in [-0.4, -0.2) is 25.2 Å². The molecule has 0 unspecified atom stereocenters. The zero-order valence-electron chi connectivity index (χ0n) is 7.75. The standard InChI is InChI=1S/C10H14N2O/c1-11-8-3-4-10(13)9(7-8)12-5-2-6-12/h3-4,7,11,13H,2,5-6H2,1H3. The summed E-state index contributed by atoms with van der Waals surface area (Å²) in [7, 11) is 1.88. The van der Waals surface area contributed by atoms with Gasteiger partial charge in [0.05, 0.1) is 5.69 Å². The monoisotopic (exact) mass is 178 g/mol. The summed E-state index contributed by atoms with van der Waals surface area (Å²) >= 11 is 0. The molecule has 0 radical (unpaired) electrons. The van der Waals surface area contributed by atoms with Gasteiger partial charge in [-0.05, 0) is 24.6 Å². The maximum atomic E-state index is 9.60. The van der Waals surface area contributed by atoms with Crippen LogP contribution in [0.25, 0.3) is 0 Å². The van der Waals surface area contributed by atoms with E-state index < -0.39 is 0 Å². The number of aromatic hydroxyl groups is 1. The Balaban J connectivity index is 2.30. The molecule has 2 rings (SSSR count). The fourth-order valence-corrected chi connectivity index (χ4v) is 1.49. The Kier molecular flexibility index (Phi) is 2.00. The first-order chi connectivity index (χ1) is 6.31. The molecule has 0 aromatic heterocycles. The fraction of sp³-hybridized carbons (Fsp3) is 0.400. The minimum Gasteiger partial charge on any atom is -0.506 e. The fourth-order valence-electron chi connectivity index (χ4n) is 1.49. The molecule has 2 N–H and O–H groups in total. The van der Waals surface area contributed by atoms with Gasteiger partial charge in [-0.2, -0.15) is 0 Å². The molecule has 0 amide bonds. The molecule has 1 aromatic rings. The zero-order chi connectivity index (χ0) is 9.26. The highest BCUT2D eigenvalue weighted by Gasteiger charge is 2.17. The van der Waals surface area contributed by atoms with Gasteiger partial charge in [-0.15, -0.1) is 0 Å². The van der Waals surface area contributed by atoms with Crippen molar-refractivity contribution in [1.29, 1.82) is 0 Å². The third kappa shape index (κ3) is 1.41. The summed E-state index contributed by atoms with van der Waals surface area (Å²) in [6, 6.07) is 5.59. The first-order valence-electron chi connectivity index (χ1n) is 4.57. The van der Waals surface area contributed by atoms with Crippen LogP contribution in [0.15, 0.2) is 18.2 Å². The highest BCUT2D eigenvalue weighted by molar-refractivity contribution is 5.66. The first kappa shape index (κ1) is 8.23. The van der Waals surface area contributed by atoms with Crippen molar-refractivity contribution in [3.63, 3.8) is 0 Å². The molecule has 1 aromatic carbocycles. The summed E-state index contributed by atoms with van der Waals surface area (Å²) in [5.74, 6) is 0.374. The minimum atomic E-state index is 0.374. The van der Waals surface area contributed by atoms with E-state index in [1.165, 1.54) is 6.42 Å². The Morgan fingerprint density at radius 2 is 2.15 bits per heavy atom. The molecule has 1 saturated heterocycles. The highest BCUT2D eigenvalue weighted by Crippen LogP contribution is 2.32. The Hall–Kier alpha value is -1.38.